The summed E-state index contributed by atoms with van der Waals surface area (Å²) in [7, 11) is 0. The second kappa shape index (κ2) is 6.41. The molecule has 1 aliphatic heterocycles. The van der Waals surface area contributed by atoms with Crippen molar-refractivity contribution in [2.75, 3.05) is 19.7 Å². The number of aryl methyl sites for hydroxylation is 1. The van der Waals surface area contributed by atoms with Gasteiger partial charge in [0.1, 0.15) is 5.82 Å². The van der Waals surface area contributed by atoms with Crippen molar-refractivity contribution >= 4 is 23.5 Å². The summed E-state index contributed by atoms with van der Waals surface area (Å²) in [4.78, 5) is 24.6. The minimum atomic E-state index is -0.982. The Morgan fingerprint density at radius 3 is 2.90 bits per heavy atom. The zero-order valence-electron chi connectivity index (χ0n) is 11.4. The Hall–Kier alpha value is -1.66. The quantitative estimate of drug-likeness (QED) is 0.927. The average molecular weight is 316 g/mol. The molecule has 1 fully saturated rings. The maximum Gasteiger partial charge on any atom is 0.306 e. The number of aliphatic carboxylic acids is 1. The van der Waals surface area contributed by atoms with Gasteiger partial charge >= 0.3 is 5.97 Å². The number of carbonyl (C=O) groups excluding carboxylic acids is 1. The molecule has 1 atom stereocenters. The Bertz CT molecular complexity index is 578. The van der Waals surface area contributed by atoms with Crippen LogP contribution in [0.1, 0.15) is 22.3 Å². The van der Waals surface area contributed by atoms with Crippen LogP contribution in [0.3, 0.4) is 0 Å². The third-order valence-corrected chi connectivity index (χ3v) is 3.62. The van der Waals surface area contributed by atoms with E-state index in [1.54, 1.807) is 6.92 Å². The summed E-state index contributed by atoms with van der Waals surface area (Å²) in [6.45, 7) is 2.34. The molecule has 0 radical (unpaired) electrons. The lowest BCUT2D eigenvalue weighted by molar-refractivity contribution is -0.141. The number of carbonyl (C=O) groups is 2. The van der Waals surface area contributed by atoms with Gasteiger partial charge in [0.05, 0.1) is 29.7 Å². The lowest BCUT2D eigenvalue weighted by Crippen LogP contribution is -2.46. The molecule has 5 nitrogen and oxygen atoms in total. The molecule has 114 valence electrons. The summed E-state index contributed by atoms with van der Waals surface area (Å²) in [6.07, 6.45) is -0.708. The first-order valence-electron chi connectivity index (χ1n) is 6.47. The van der Waals surface area contributed by atoms with E-state index < -0.39 is 17.9 Å². The van der Waals surface area contributed by atoms with Crippen LogP contribution in [0.25, 0.3) is 0 Å². The fourth-order valence-electron chi connectivity index (χ4n) is 2.21. The summed E-state index contributed by atoms with van der Waals surface area (Å²) in [5.41, 5.74) is 0.546. The van der Waals surface area contributed by atoms with E-state index in [1.807, 2.05) is 0 Å². The van der Waals surface area contributed by atoms with Crippen molar-refractivity contribution < 1.29 is 23.8 Å². The van der Waals surface area contributed by atoms with Gasteiger partial charge in [0.2, 0.25) is 0 Å². The van der Waals surface area contributed by atoms with E-state index in [0.29, 0.717) is 12.1 Å². The van der Waals surface area contributed by atoms with Crippen LogP contribution in [0.5, 0.6) is 0 Å². The van der Waals surface area contributed by atoms with Gasteiger partial charge in [-0.25, -0.2) is 4.39 Å². The van der Waals surface area contributed by atoms with Crippen LogP contribution in [0.4, 0.5) is 4.39 Å². The Balaban J connectivity index is 2.16. The first-order valence-corrected chi connectivity index (χ1v) is 6.84. The Morgan fingerprint density at radius 1 is 1.52 bits per heavy atom. The van der Waals surface area contributed by atoms with Gasteiger partial charge in [-0.05, 0) is 24.6 Å². The van der Waals surface area contributed by atoms with Gasteiger partial charge in [-0.15, -0.1) is 0 Å². The second-order valence-electron chi connectivity index (χ2n) is 4.92. The summed E-state index contributed by atoms with van der Waals surface area (Å²) in [5.74, 6) is -1.80. The number of morpholine rings is 1. The molecule has 0 spiro atoms. The first kappa shape index (κ1) is 15.7. The summed E-state index contributed by atoms with van der Waals surface area (Å²) in [5, 5.41) is 8.82. The van der Waals surface area contributed by atoms with Crippen LogP contribution in [0.15, 0.2) is 12.1 Å². The molecule has 1 unspecified atom stereocenters. The highest BCUT2D eigenvalue weighted by Crippen LogP contribution is 2.23. The normalized spacial score (nSPS) is 18.6. The van der Waals surface area contributed by atoms with Crippen LogP contribution in [0, 0.1) is 12.7 Å². The highest BCUT2D eigenvalue weighted by Gasteiger charge is 2.27. The van der Waals surface area contributed by atoms with Gasteiger partial charge in [-0.1, -0.05) is 11.6 Å². The van der Waals surface area contributed by atoms with Crippen molar-refractivity contribution in [1.29, 1.82) is 0 Å². The van der Waals surface area contributed by atoms with E-state index in [2.05, 4.69) is 0 Å². The number of carboxylic acids is 1. The lowest BCUT2D eigenvalue weighted by Gasteiger charge is -2.32. The average Bonchev–Trinajstić information content (AvgIpc) is 2.41. The van der Waals surface area contributed by atoms with Gasteiger partial charge in [0, 0.05) is 13.1 Å². The fraction of sp³-hybridized carbons (Fsp3) is 0.429. The highest BCUT2D eigenvalue weighted by atomic mass is 35.5. The molecular weight excluding hydrogens is 301 g/mol. The SMILES string of the molecule is Cc1cc(C(=O)N2CCOC(CC(=O)O)C2)c(Cl)cc1F. The van der Waals surface area contributed by atoms with Crippen molar-refractivity contribution in [1.82, 2.24) is 4.90 Å². The predicted octanol–water partition coefficient (Wildman–Crippen LogP) is 2.10. The largest absolute Gasteiger partial charge is 0.481 e. The summed E-state index contributed by atoms with van der Waals surface area (Å²) >= 11 is 5.92. The summed E-state index contributed by atoms with van der Waals surface area (Å²) < 4.78 is 18.7. The van der Waals surface area contributed by atoms with Gasteiger partial charge < -0.3 is 14.7 Å². The van der Waals surface area contributed by atoms with Crippen LogP contribution in [-0.2, 0) is 9.53 Å². The number of hydrogen-bond donors (Lipinski definition) is 1. The van der Waals surface area contributed by atoms with E-state index in [-0.39, 0.29) is 36.1 Å². The van der Waals surface area contributed by atoms with Crippen LogP contribution in [-0.4, -0.2) is 47.7 Å². The summed E-state index contributed by atoms with van der Waals surface area (Å²) in [6, 6.07) is 2.51. The lowest BCUT2D eigenvalue weighted by atomic mass is 10.1. The van der Waals surface area contributed by atoms with Gasteiger partial charge in [0.25, 0.3) is 5.91 Å². The molecule has 1 N–H and O–H groups in total. The van der Waals surface area contributed by atoms with Crippen molar-refractivity contribution in [3.63, 3.8) is 0 Å². The topological polar surface area (TPSA) is 66.8 Å². The van der Waals surface area contributed by atoms with E-state index in [0.717, 1.165) is 6.07 Å². The first-order chi connectivity index (χ1) is 9.88. The number of hydrogen-bond acceptors (Lipinski definition) is 3. The molecule has 1 aromatic rings. The number of halogens is 2. The fourth-order valence-corrected chi connectivity index (χ4v) is 2.44. The molecule has 0 aromatic heterocycles. The second-order valence-corrected chi connectivity index (χ2v) is 5.33. The van der Waals surface area contributed by atoms with Crippen LogP contribution < -0.4 is 0 Å². The predicted molar refractivity (Wildman–Crippen MR) is 74.0 cm³/mol. The minimum absolute atomic E-state index is 0.0457. The van der Waals surface area contributed by atoms with Gasteiger partial charge in [-0.2, -0.15) is 0 Å². The number of carboxylic acid groups (broad SMARTS) is 1. The number of nitrogens with zero attached hydrogens (tertiary/aromatic N) is 1. The Kier molecular flexibility index (Phi) is 4.80. The molecular formula is C14H15ClFNO4. The van der Waals surface area contributed by atoms with E-state index in [4.69, 9.17) is 21.4 Å². The third kappa shape index (κ3) is 3.71. The van der Waals surface area contributed by atoms with Crippen molar-refractivity contribution in [2.24, 2.45) is 0 Å². The van der Waals surface area contributed by atoms with Crippen LogP contribution >= 0.6 is 11.6 Å². The molecule has 21 heavy (non-hydrogen) atoms. The number of benzene rings is 1. The Morgan fingerprint density at radius 2 is 2.24 bits per heavy atom. The molecule has 1 heterocycles. The molecule has 1 amide bonds. The van der Waals surface area contributed by atoms with E-state index in [9.17, 15) is 14.0 Å². The van der Waals surface area contributed by atoms with Crippen molar-refractivity contribution in [2.45, 2.75) is 19.4 Å². The maximum atomic E-state index is 13.4. The standard InChI is InChI=1S/C14H15ClFNO4/c1-8-4-10(11(15)6-12(8)16)14(20)17-2-3-21-9(7-17)5-13(18)19/h4,6,9H,2-3,5,7H2,1H3,(H,18,19). The third-order valence-electron chi connectivity index (χ3n) is 3.31. The van der Waals surface area contributed by atoms with Crippen molar-refractivity contribution in [3.8, 4) is 0 Å². The molecule has 0 bridgehead atoms. The van der Waals surface area contributed by atoms with E-state index in [1.165, 1.54) is 11.0 Å². The van der Waals surface area contributed by atoms with Gasteiger partial charge in [0.15, 0.2) is 0 Å². The zero-order valence-corrected chi connectivity index (χ0v) is 12.2. The smallest absolute Gasteiger partial charge is 0.306 e. The highest BCUT2D eigenvalue weighted by molar-refractivity contribution is 6.33. The number of amides is 1. The van der Waals surface area contributed by atoms with Crippen molar-refractivity contribution in [3.05, 3.63) is 34.1 Å². The molecule has 7 heteroatoms. The number of ether oxygens (including phenoxy) is 1. The molecule has 0 saturated carbocycles. The Labute approximate surface area is 126 Å². The zero-order chi connectivity index (χ0) is 15.6. The molecule has 1 aliphatic rings. The van der Waals surface area contributed by atoms with Crippen LogP contribution in [0.2, 0.25) is 5.02 Å². The molecule has 2 rings (SSSR count). The molecule has 1 aromatic carbocycles. The van der Waals surface area contributed by atoms with E-state index >= 15 is 0 Å². The van der Waals surface area contributed by atoms with Gasteiger partial charge in [-0.3, -0.25) is 9.59 Å². The molecule has 1 saturated heterocycles. The minimum Gasteiger partial charge on any atom is -0.481 e. The molecule has 0 aliphatic carbocycles. The number of rotatable bonds is 3. The maximum absolute atomic E-state index is 13.4. The monoisotopic (exact) mass is 315 g/mol.